The number of hydrogen-bond acceptors (Lipinski definition) is 1. The highest BCUT2D eigenvalue weighted by Crippen LogP contribution is 2.24. The number of aromatic carboxylic acids is 1. The van der Waals surface area contributed by atoms with Gasteiger partial charge in [-0.05, 0) is 48.9 Å². The van der Waals surface area contributed by atoms with Gasteiger partial charge in [-0.3, -0.25) is 0 Å². The van der Waals surface area contributed by atoms with Gasteiger partial charge in [-0.15, -0.1) is 0 Å². The molecule has 1 heterocycles. The van der Waals surface area contributed by atoms with Crippen molar-refractivity contribution >= 4 is 28.6 Å². The van der Waals surface area contributed by atoms with Gasteiger partial charge in [0.15, 0.2) is 0 Å². The lowest BCUT2D eigenvalue weighted by atomic mass is 10.0. The van der Waals surface area contributed by atoms with Crippen LogP contribution in [0, 0.1) is 3.57 Å². The third kappa shape index (κ3) is 2.10. The Labute approximate surface area is 97.3 Å². The molecule has 78 valence electrons. The zero-order valence-electron chi connectivity index (χ0n) is 8.54. The van der Waals surface area contributed by atoms with Gasteiger partial charge in [0.05, 0.1) is 0 Å². The molecule has 0 amide bonds. The van der Waals surface area contributed by atoms with Crippen LogP contribution in [0.1, 0.15) is 37.7 Å². The third-order valence-corrected chi connectivity index (χ3v) is 3.11. The summed E-state index contributed by atoms with van der Waals surface area (Å²) in [6.07, 6.45) is 2.78. The molecule has 0 atom stereocenters. The summed E-state index contributed by atoms with van der Waals surface area (Å²) in [6.45, 7) is 6.13. The summed E-state index contributed by atoms with van der Waals surface area (Å²) >= 11 is 2.13. The standard InChI is InChI=1S/C10H14INO2/c1-4-10(2,3)12-6-7(11)5-8(12)9(13)14/h5-6H,4H2,1-3H3,(H,13,14). The van der Waals surface area contributed by atoms with E-state index in [-0.39, 0.29) is 5.54 Å². The molecule has 0 radical (unpaired) electrons. The number of rotatable bonds is 3. The van der Waals surface area contributed by atoms with Gasteiger partial charge < -0.3 is 9.67 Å². The molecule has 0 aliphatic carbocycles. The highest BCUT2D eigenvalue weighted by Gasteiger charge is 2.23. The lowest BCUT2D eigenvalue weighted by molar-refractivity contribution is 0.0676. The maximum absolute atomic E-state index is 11.0. The van der Waals surface area contributed by atoms with E-state index in [4.69, 9.17) is 5.11 Å². The summed E-state index contributed by atoms with van der Waals surface area (Å²) in [6, 6.07) is 1.69. The molecule has 14 heavy (non-hydrogen) atoms. The first-order chi connectivity index (χ1) is 6.38. The van der Waals surface area contributed by atoms with Gasteiger partial charge in [0.2, 0.25) is 0 Å². The minimum absolute atomic E-state index is 0.142. The minimum atomic E-state index is -0.866. The van der Waals surface area contributed by atoms with Gasteiger partial charge in [-0.2, -0.15) is 0 Å². The summed E-state index contributed by atoms with van der Waals surface area (Å²) in [5.74, 6) is -0.866. The molecular weight excluding hydrogens is 293 g/mol. The fraction of sp³-hybridized carbons (Fsp3) is 0.500. The molecule has 0 aliphatic rings. The van der Waals surface area contributed by atoms with Gasteiger partial charge in [-0.1, -0.05) is 6.92 Å². The average Bonchev–Trinajstić information content (AvgIpc) is 2.48. The highest BCUT2D eigenvalue weighted by molar-refractivity contribution is 14.1. The topological polar surface area (TPSA) is 42.2 Å². The van der Waals surface area contributed by atoms with E-state index in [9.17, 15) is 4.79 Å². The molecule has 1 aromatic rings. The molecular formula is C10H14INO2. The Hall–Kier alpha value is -0.520. The first-order valence-corrected chi connectivity index (χ1v) is 5.58. The van der Waals surface area contributed by atoms with E-state index in [1.54, 1.807) is 6.07 Å². The molecule has 0 saturated carbocycles. The van der Waals surface area contributed by atoms with E-state index in [0.29, 0.717) is 5.69 Å². The Morgan fingerprint density at radius 1 is 1.64 bits per heavy atom. The highest BCUT2D eigenvalue weighted by atomic mass is 127. The quantitative estimate of drug-likeness (QED) is 0.873. The second-order valence-corrected chi connectivity index (χ2v) is 5.13. The van der Waals surface area contributed by atoms with Crippen molar-refractivity contribution < 1.29 is 9.90 Å². The first kappa shape index (κ1) is 11.6. The van der Waals surface area contributed by atoms with Gasteiger partial charge in [0.1, 0.15) is 5.69 Å². The molecule has 0 spiro atoms. The van der Waals surface area contributed by atoms with E-state index in [2.05, 4.69) is 29.5 Å². The predicted molar refractivity (Wildman–Crippen MR) is 63.7 cm³/mol. The van der Waals surface area contributed by atoms with Gasteiger partial charge in [0, 0.05) is 15.3 Å². The van der Waals surface area contributed by atoms with Crippen molar-refractivity contribution in [2.24, 2.45) is 0 Å². The minimum Gasteiger partial charge on any atom is -0.477 e. The van der Waals surface area contributed by atoms with Crippen molar-refractivity contribution in [3.05, 3.63) is 21.5 Å². The van der Waals surface area contributed by atoms with Crippen molar-refractivity contribution in [1.82, 2.24) is 4.57 Å². The second kappa shape index (κ2) is 3.92. The fourth-order valence-corrected chi connectivity index (χ4v) is 1.84. The first-order valence-electron chi connectivity index (χ1n) is 4.50. The fourth-order valence-electron chi connectivity index (χ4n) is 1.27. The van der Waals surface area contributed by atoms with Crippen LogP contribution in [0.4, 0.5) is 0 Å². The van der Waals surface area contributed by atoms with Crippen molar-refractivity contribution in [3.63, 3.8) is 0 Å². The molecule has 0 fully saturated rings. The number of carboxylic acid groups (broad SMARTS) is 1. The van der Waals surface area contributed by atoms with Crippen molar-refractivity contribution in [3.8, 4) is 0 Å². The van der Waals surface area contributed by atoms with Crippen LogP contribution in [0.15, 0.2) is 12.3 Å². The molecule has 4 heteroatoms. The van der Waals surface area contributed by atoms with Crippen LogP contribution in [0.3, 0.4) is 0 Å². The van der Waals surface area contributed by atoms with E-state index >= 15 is 0 Å². The molecule has 0 saturated heterocycles. The Bertz CT molecular complexity index is 355. The summed E-state index contributed by atoms with van der Waals surface area (Å²) in [7, 11) is 0. The largest absolute Gasteiger partial charge is 0.477 e. The molecule has 1 aromatic heterocycles. The van der Waals surface area contributed by atoms with Crippen LogP contribution in [-0.4, -0.2) is 15.6 Å². The van der Waals surface area contributed by atoms with E-state index in [1.165, 1.54) is 0 Å². The lowest BCUT2D eigenvalue weighted by Crippen LogP contribution is -2.27. The second-order valence-electron chi connectivity index (χ2n) is 3.88. The third-order valence-electron chi connectivity index (χ3n) is 2.52. The number of halogens is 1. The van der Waals surface area contributed by atoms with E-state index in [0.717, 1.165) is 9.99 Å². The molecule has 0 bridgehead atoms. The van der Waals surface area contributed by atoms with Gasteiger partial charge >= 0.3 is 5.97 Å². The zero-order chi connectivity index (χ0) is 10.9. The van der Waals surface area contributed by atoms with Crippen molar-refractivity contribution in [2.45, 2.75) is 32.7 Å². The summed E-state index contributed by atoms with van der Waals surface area (Å²) in [5.41, 5.74) is 0.221. The van der Waals surface area contributed by atoms with Gasteiger partial charge in [-0.25, -0.2) is 4.79 Å². The maximum atomic E-state index is 11.0. The SMILES string of the molecule is CCC(C)(C)n1cc(I)cc1C(=O)O. The summed E-state index contributed by atoms with van der Waals surface area (Å²) in [5, 5.41) is 9.01. The van der Waals surface area contributed by atoms with Crippen molar-refractivity contribution in [2.75, 3.05) is 0 Å². The van der Waals surface area contributed by atoms with Crippen LogP contribution in [0.5, 0.6) is 0 Å². The van der Waals surface area contributed by atoms with E-state index in [1.807, 2.05) is 24.6 Å². The molecule has 3 nitrogen and oxygen atoms in total. The van der Waals surface area contributed by atoms with E-state index < -0.39 is 5.97 Å². The number of carboxylic acids is 1. The molecule has 1 N–H and O–H groups in total. The lowest BCUT2D eigenvalue weighted by Gasteiger charge is -2.26. The Balaban J connectivity index is 3.26. The Morgan fingerprint density at radius 2 is 2.21 bits per heavy atom. The molecule has 0 aromatic carbocycles. The monoisotopic (exact) mass is 307 g/mol. The Morgan fingerprint density at radius 3 is 2.64 bits per heavy atom. The van der Waals surface area contributed by atoms with Crippen molar-refractivity contribution in [1.29, 1.82) is 0 Å². The van der Waals surface area contributed by atoms with Crippen LogP contribution >= 0.6 is 22.6 Å². The van der Waals surface area contributed by atoms with Gasteiger partial charge in [0.25, 0.3) is 0 Å². The van der Waals surface area contributed by atoms with Crippen LogP contribution in [-0.2, 0) is 5.54 Å². The maximum Gasteiger partial charge on any atom is 0.352 e. The normalized spacial score (nSPS) is 11.7. The molecule has 0 unspecified atom stereocenters. The smallest absolute Gasteiger partial charge is 0.352 e. The number of hydrogen-bond donors (Lipinski definition) is 1. The number of carbonyl (C=O) groups is 1. The molecule has 0 aliphatic heterocycles. The van der Waals surface area contributed by atoms with Crippen LogP contribution < -0.4 is 0 Å². The average molecular weight is 307 g/mol. The van der Waals surface area contributed by atoms with Crippen LogP contribution in [0.2, 0.25) is 0 Å². The zero-order valence-corrected chi connectivity index (χ0v) is 10.7. The number of nitrogens with zero attached hydrogens (tertiary/aromatic N) is 1. The molecule has 1 rings (SSSR count). The van der Waals surface area contributed by atoms with Crippen LogP contribution in [0.25, 0.3) is 0 Å². The Kier molecular flexibility index (Phi) is 3.24. The predicted octanol–water partition coefficient (Wildman–Crippen LogP) is 2.94. The summed E-state index contributed by atoms with van der Waals surface area (Å²) < 4.78 is 2.79. The summed E-state index contributed by atoms with van der Waals surface area (Å²) in [4.78, 5) is 11.0. The number of aromatic nitrogens is 1.